The highest BCUT2D eigenvalue weighted by atomic mass is 16.2. The summed E-state index contributed by atoms with van der Waals surface area (Å²) in [6, 6.07) is 5.80. The number of fused-ring (bicyclic) bond motifs is 2. The molecule has 4 rings (SSSR count). The van der Waals surface area contributed by atoms with E-state index in [2.05, 4.69) is 25.5 Å². The van der Waals surface area contributed by atoms with E-state index in [0.29, 0.717) is 0 Å². The normalized spacial score (nSPS) is 17.0. The molecule has 0 bridgehead atoms. The Morgan fingerprint density at radius 2 is 2.19 bits per heavy atom. The van der Waals surface area contributed by atoms with E-state index in [1.807, 2.05) is 25.1 Å². The number of aromatic amines is 1. The Morgan fingerprint density at radius 3 is 2.95 bits per heavy atom. The molecule has 0 radical (unpaired) electrons. The van der Waals surface area contributed by atoms with E-state index in [9.17, 15) is 4.79 Å². The highest BCUT2D eigenvalue weighted by Crippen LogP contribution is 2.37. The predicted molar refractivity (Wildman–Crippen MR) is 78.8 cm³/mol. The van der Waals surface area contributed by atoms with E-state index in [0.717, 1.165) is 40.1 Å². The van der Waals surface area contributed by atoms with Crippen LogP contribution in [0.25, 0.3) is 22.4 Å². The van der Waals surface area contributed by atoms with Crippen molar-refractivity contribution in [3.8, 4) is 11.4 Å². The van der Waals surface area contributed by atoms with Crippen LogP contribution >= 0.6 is 0 Å². The van der Waals surface area contributed by atoms with Gasteiger partial charge in [0.1, 0.15) is 5.82 Å². The molecule has 1 unspecified atom stereocenters. The number of hydrogen-bond acceptors (Lipinski definition) is 4. The van der Waals surface area contributed by atoms with Gasteiger partial charge in [-0.2, -0.15) is 10.2 Å². The van der Waals surface area contributed by atoms with Crippen LogP contribution in [0.15, 0.2) is 30.6 Å². The van der Waals surface area contributed by atoms with Gasteiger partial charge in [-0.25, -0.2) is 4.98 Å². The second kappa shape index (κ2) is 4.37. The number of H-pyrrole nitrogens is 1. The number of imidazole rings is 1. The Kier molecular flexibility index (Phi) is 2.50. The molecule has 1 aromatic carbocycles. The molecule has 0 fully saturated rings. The lowest BCUT2D eigenvalue weighted by Gasteiger charge is -2.03. The lowest BCUT2D eigenvalue weighted by molar-refractivity contribution is -0.117. The number of nitrogens with zero attached hydrogens (tertiary/aromatic N) is 3. The second-order valence-corrected chi connectivity index (χ2v) is 5.12. The van der Waals surface area contributed by atoms with E-state index < -0.39 is 0 Å². The van der Waals surface area contributed by atoms with E-state index in [1.165, 1.54) is 0 Å². The topological polar surface area (TPSA) is 83.6 Å². The fraction of sp³-hybridized carbons (Fsp3) is 0.200. The van der Waals surface area contributed by atoms with Gasteiger partial charge in [-0.3, -0.25) is 4.79 Å². The molecular formula is C15H13N5O. The first kappa shape index (κ1) is 12.0. The maximum Gasteiger partial charge on any atom is 0.231 e. The zero-order valence-corrected chi connectivity index (χ0v) is 11.4. The zero-order chi connectivity index (χ0) is 14.4. The van der Waals surface area contributed by atoms with Crippen LogP contribution in [0.5, 0.6) is 0 Å². The zero-order valence-electron chi connectivity index (χ0n) is 11.4. The third-order valence-corrected chi connectivity index (χ3v) is 3.87. The number of anilines is 1. The maximum absolute atomic E-state index is 11.9. The van der Waals surface area contributed by atoms with Gasteiger partial charge in [-0.15, -0.1) is 0 Å². The maximum atomic E-state index is 11.9. The van der Waals surface area contributed by atoms with Gasteiger partial charge < -0.3 is 10.3 Å². The van der Waals surface area contributed by atoms with Crippen molar-refractivity contribution >= 4 is 22.6 Å². The number of amides is 1. The number of carbonyl (C=O) groups is 1. The Hall–Kier alpha value is -2.76. The molecule has 6 nitrogen and oxygen atoms in total. The summed E-state index contributed by atoms with van der Waals surface area (Å²) in [7, 11) is 0. The molecule has 21 heavy (non-hydrogen) atoms. The van der Waals surface area contributed by atoms with E-state index in [-0.39, 0.29) is 11.8 Å². The van der Waals surface area contributed by atoms with Gasteiger partial charge in [-0.1, -0.05) is 6.92 Å². The molecule has 1 atom stereocenters. The van der Waals surface area contributed by atoms with Crippen molar-refractivity contribution in [3.05, 3.63) is 36.2 Å². The molecule has 6 heteroatoms. The first-order chi connectivity index (χ1) is 10.3. The van der Waals surface area contributed by atoms with Crippen molar-refractivity contribution in [3.63, 3.8) is 0 Å². The minimum atomic E-state index is -0.0767. The van der Waals surface area contributed by atoms with Crippen molar-refractivity contribution in [2.75, 3.05) is 5.32 Å². The number of hydrogen-bond donors (Lipinski definition) is 2. The van der Waals surface area contributed by atoms with Crippen molar-refractivity contribution in [1.29, 1.82) is 0 Å². The Bertz CT molecular complexity index is 840. The first-order valence-corrected chi connectivity index (χ1v) is 6.88. The SMILES string of the molecule is CCC1C(=O)Nc2cc3[nH]c(-c4ccnnc4)nc3cc21. The van der Waals surface area contributed by atoms with Crippen LogP contribution in [0.3, 0.4) is 0 Å². The highest BCUT2D eigenvalue weighted by Gasteiger charge is 2.29. The standard InChI is InChI=1S/C15H13N5O/c1-2-9-10-5-12-13(6-11(10)20-15(9)21)19-14(18-12)8-3-4-16-17-7-8/h3-7,9H,2H2,1H3,(H,18,19)(H,20,21). The largest absolute Gasteiger partial charge is 0.338 e. The quantitative estimate of drug-likeness (QED) is 0.754. The molecule has 1 aliphatic rings. The van der Waals surface area contributed by atoms with E-state index in [1.54, 1.807) is 12.4 Å². The smallest absolute Gasteiger partial charge is 0.231 e. The molecule has 3 aromatic rings. The Labute approximate surface area is 120 Å². The molecule has 0 aliphatic carbocycles. The van der Waals surface area contributed by atoms with Crippen LogP contribution in [0.4, 0.5) is 5.69 Å². The summed E-state index contributed by atoms with van der Waals surface area (Å²) in [5, 5.41) is 10.6. The second-order valence-electron chi connectivity index (χ2n) is 5.12. The third-order valence-electron chi connectivity index (χ3n) is 3.87. The van der Waals surface area contributed by atoms with Crippen LogP contribution in [-0.2, 0) is 4.79 Å². The summed E-state index contributed by atoms with van der Waals surface area (Å²) in [6.45, 7) is 2.02. The molecule has 0 saturated heterocycles. The number of aromatic nitrogens is 4. The molecule has 2 N–H and O–H groups in total. The van der Waals surface area contributed by atoms with E-state index in [4.69, 9.17) is 0 Å². The van der Waals surface area contributed by atoms with Gasteiger partial charge in [0.2, 0.25) is 5.91 Å². The van der Waals surface area contributed by atoms with Gasteiger partial charge in [0.05, 0.1) is 29.3 Å². The lowest BCUT2D eigenvalue weighted by Crippen LogP contribution is -2.10. The first-order valence-electron chi connectivity index (χ1n) is 6.88. The summed E-state index contributed by atoms with van der Waals surface area (Å²) in [6.07, 6.45) is 4.09. The number of benzene rings is 1. The van der Waals surface area contributed by atoms with Crippen molar-refractivity contribution in [2.45, 2.75) is 19.3 Å². The molecule has 1 aliphatic heterocycles. The van der Waals surface area contributed by atoms with Crippen LogP contribution in [0.1, 0.15) is 24.8 Å². The van der Waals surface area contributed by atoms with Crippen LogP contribution < -0.4 is 5.32 Å². The van der Waals surface area contributed by atoms with Gasteiger partial charge in [0.25, 0.3) is 0 Å². The summed E-state index contributed by atoms with van der Waals surface area (Å²) in [5.74, 6) is 0.744. The summed E-state index contributed by atoms with van der Waals surface area (Å²) in [5.41, 5.74) is 4.55. The fourth-order valence-electron chi connectivity index (χ4n) is 2.80. The third kappa shape index (κ3) is 1.79. The summed E-state index contributed by atoms with van der Waals surface area (Å²) < 4.78 is 0. The van der Waals surface area contributed by atoms with Gasteiger partial charge in [-0.05, 0) is 30.2 Å². The molecule has 3 heterocycles. The van der Waals surface area contributed by atoms with Crippen molar-refractivity contribution < 1.29 is 4.79 Å². The van der Waals surface area contributed by atoms with Crippen LogP contribution in [0, 0.1) is 0 Å². The summed E-state index contributed by atoms with van der Waals surface area (Å²) >= 11 is 0. The minimum absolute atomic E-state index is 0.0683. The Balaban J connectivity index is 1.86. The van der Waals surface area contributed by atoms with Crippen LogP contribution in [-0.4, -0.2) is 26.1 Å². The van der Waals surface area contributed by atoms with Gasteiger partial charge in [0, 0.05) is 11.3 Å². The van der Waals surface area contributed by atoms with E-state index >= 15 is 0 Å². The number of carbonyl (C=O) groups excluding carboxylic acids is 1. The lowest BCUT2D eigenvalue weighted by atomic mass is 9.98. The molecular weight excluding hydrogens is 266 g/mol. The summed E-state index contributed by atoms with van der Waals surface area (Å²) in [4.78, 5) is 19.7. The van der Waals surface area contributed by atoms with Gasteiger partial charge in [0.15, 0.2) is 0 Å². The molecule has 0 saturated carbocycles. The average molecular weight is 279 g/mol. The van der Waals surface area contributed by atoms with Crippen molar-refractivity contribution in [1.82, 2.24) is 20.2 Å². The fourth-order valence-corrected chi connectivity index (χ4v) is 2.80. The highest BCUT2D eigenvalue weighted by molar-refractivity contribution is 6.05. The molecule has 1 amide bonds. The minimum Gasteiger partial charge on any atom is -0.338 e. The number of nitrogens with one attached hydrogen (secondary N) is 2. The Morgan fingerprint density at radius 1 is 1.29 bits per heavy atom. The number of rotatable bonds is 2. The average Bonchev–Trinajstić information content (AvgIpc) is 3.04. The molecule has 104 valence electrons. The van der Waals surface area contributed by atoms with Gasteiger partial charge >= 0.3 is 0 Å². The predicted octanol–water partition coefficient (Wildman–Crippen LogP) is 2.47. The van der Waals surface area contributed by atoms with Crippen LogP contribution in [0.2, 0.25) is 0 Å². The monoisotopic (exact) mass is 279 g/mol. The van der Waals surface area contributed by atoms with Crippen molar-refractivity contribution in [2.24, 2.45) is 0 Å². The molecule has 2 aromatic heterocycles. The molecule has 0 spiro atoms.